The molecular formula is C18H17F3N2O3. The maximum absolute atomic E-state index is 12.9. The Hall–Kier alpha value is -3.03. The van der Waals surface area contributed by atoms with Gasteiger partial charge in [-0.1, -0.05) is 48.5 Å². The number of primary amides is 1. The van der Waals surface area contributed by atoms with E-state index in [0.717, 1.165) is 6.07 Å². The van der Waals surface area contributed by atoms with Crippen molar-refractivity contribution in [2.45, 2.75) is 25.2 Å². The number of alkyl halides is 3. The number of ether oxygens (including phenoxy) is 1. The van der Waals surface area contributed by atoms with E-state index in [1.807, 2.05) is 0 Å². The third kappa shape index (κ3) is 5.51. The van der Waals surface area contributed by atoms with Crippen LogP contribution in [-0.4, -0.2) is 12.0 Å². The highest BCUT2D eigenvalue weighted by Gasteiger charge is 2.33. The molecule has 0 saturated heterocycles. The maximum Gasteiger partial charge on any atom is 0.416 e. The molecule has 0 aliphatic rings. The van der Waals surface area contributed by atoms with Gasteiger partial charge < -0.3 is 15.8 Å². The minimum atomic E-state index is -4.54. The lowest BCUT2D eigenvalue weighted by molar-refractivity contribution is -0.148. The molecule has 26 heavy (non-hydrogen) atoms. The summed E-state index contributed by atoms with van der Waals surface area (Å²) in [6, 6.07) is 11.9. The largest absolute Gasteiger partial charge is 0.461 e. The van der Waals surface area contributed by atoms with Crippen LogP contribution in [0.5, 0.6) is 0 Å². The molecule has 138 valence electrons. The quantitative estimate of drug-likeness (QED) is 0.767. The van der Waals surface area contributed by atoms with Crippen LogP contribution in [0.1, 0.15) is 29.2 Å². The van der Waals surface area contributed by atoms with Gasteiger partial charge in [0.05, 0.1) is 18.0 Å². The van der Waals surface area contributed by atoms with Crippen LogP contribution in [0.25, 0.3) is 0 Å². The van der Waals surface area contributed by atoms with E-state index in [1.54, 1.807) is 30.3 Å². The van der Waals surface area contributed by atoms with E-state index in [1.165, 1.54) is 18.2 Å². The van der Waals surface area contributed by atoms with Crippen molar-refractivity contribution in [3.05, 3.63) is 71.3 Å². The highest BCUT2D eigenvalue weighted by Crippen LogP contribution is 2.32. The van der Waals surface area contributed by atoms with Crippen LogP contribution < -0.4 is 11.1 Å². The normalized spacial score (nSPS) is 12.3. The lowest BCUT2D eigenvalue weighted by Crippen LogP contribution is -2.34. The molecule has 8 heteroatoms. The predicted octanol–water partition coefficient (Wildman–Crippen LogP) is 3.55. The van der Waals surface area contributed by atoms with E-state index >= 15 is 0 Å². The van der Waals surface area contributed by atoms with Crippen molar-refractivity contribution >= 4 is 12.0 Å². The Morgan fingerprint density at radius 1 is 1.04 bits per heavy atom. The molecule has 0 saturated carbocycles. The zero-order valence-electron chi connectivity index (χ0n) is 13.6. The minimum absolute atomic E-state index is 0.146. The zero-order valence-corrected chi connectivity index (χ0v) is 13.6. The molecule has 0 bridgehead atoms. The number of urea groups is 1. The Labute approximate surface area is 148 Å². The summed E-state index contributed by atoms with van der Waals surface area (Å²) in [5.41, 5.74) is 4.73. The summed E-state index contributed by atoms with van der Waals surface area (Å²) in [6.45, 7) is -0.521. The van der Waals surface area contributed by atoms with Crippen LogP contribution in [0.2, 0.25) is 0 Å². The summed E-state index contributed by atoms with van der Waals surface area (Å²) in [5.74, 6) is -0.760. The number of amides is 2. The van der Waals surface area contributed by atoms with Gasteiger partial charge in [-0.25, -0.2) is 4.79 Å². The summed E-state index contributed by atoms with van der Waals surface area (Å²) in [6.07, 6.45) is -4.80. The number of carbonyl (C=O) groups is 2. The van der Waals surface area contributed by atoms with Crippen LogP contribution in [0.3, 0.4) is 0 Å². The Morgan fingerprint density at radius 2 is 1.65 bits per heavy atom. The van der Waals surface area contributed by atoms with Gasteiger partial charge in [-0.15, -0.1) is 0 Å². The molecule has 0 fully saturated rings. The van der Waals surface area contributed by atoms with Crippen LogP contribution in [0, 0.1) is 0 Å². The molecule has 2 rings (SSSR count). The second kappa shape index (κ2) is 8.37. The molecule has 1 atom stereocenters. The van der Waals surface area contributed by atoms with Crippen molar-refractivity contribution in [2.75, 3.05) is 0 Å². The van der Waals surface area contributed by atoms with E-state index in [4.69, 9.17) is 10.5 Å². The molecule has 3 N–H and O–H groups in total. The van der Waals surface area contributed by atoms with Gasteiger partial charge in [-0.05, 0) is 11.6 Å². The number of hydrogen-bond acceptors (Lipinski definition) is 3. The maximum atomic E-state index is 12.9. The molecular weight excluding hydrogens is 349 g/mol. The lowest BCUT2D eigenvalue weighted by atomic mass is 10.0. The zero-order chi connectivity index (χ0) is 19.2. The van der Waals surface area contributed by atoms with E-state index in [9.17, 15) is 22.8 Å². The molecule has 0 aromatic heterocycles. The standard InChI is InChI=1S/C18H17F3N2O3/c19-18(20,21)14-9-5-4-8-13(14)11-26-16(24)10-15(23-17(22)25)12-6-2-1-3-7-12/h1-9,15H,10-11H2,(H3,22,23,25)/t15-/m0/s1. The first-order valence-corrected chi connectivity index (χ1v) is 7.69. The summed E-state index contributed by atoms with van der Waals surface area (Å²) in [4.78, 5) is 23.2. The molecule has 2 aromatic rings. The van der Waals surface area contributed by atoms with Crippen molar-refractivity contribution in [1.29, 1.82) is 0 Å². The second-order valence-corrected chi connectivity index (χ2v) is 5.49. The second-order valence-electron chi connectivity index (χ2n) is 5.49. The van der Waals surface area contributed by atoms with E-state index < -0.39 is 36.4 Å². The lowest BCUT2D eigenvalue weighted by Gasteiger charge is -2.18. The number of esters is 1. The number of hydrogen-bond donors (Lipinski definition) is 2. The first-order chi connectivity index (χ1) is 12.3. The van der Waals surface area contributed by atoms with Gasteiger partial charge in [0.15, 0.2) is 0 Å². The molecule has 0 radical (unpaired) electrons. The fourth-order valence-corrected chi connectivity index (χ4v) is 2.42. The molecule has 0 aliphatic heterocycles. The molecule has 0 unspecified atom stereocenters. The number of carbonyl (C=O) groups excluding carboxylic acids is 2. The van der Waals surface area contributed by atoms with E-state index in [-0.39, 0.29) is 12.0 Å². The third-order valence-corrected chi connectivity index (χ3v) is 3.60. The third-order valence-electron chi connectivity index (χ3n) is 3.60. The van der Waals surface area contributed by atoms with Crippen LogP contribution in [-0.2, 0) is 22.3 Å². The summed E-state index contributed by atoms with van der Waals surface area (Å²) < 4.78 is 43.8. The number of nitrogens with one attached hydrogen (secondary N) is 1. The SMILES string of the molecule is NC(=O)N[C@@H](CC(=O)OCc1ccccc1C(F)(F)F)c1ccccc1. The number of rotatable bonds is 6. The van der Waals surface area contributed by atoms with Crippen LogP contribution in [0.4, 0.5) is 18.0 Å². The van der Waals surface area contributed by atoms with Crippen molar-refractivity contribution in [3.63, 3.8) is 0 Å². The van der Waals surface area contributed by atoms with Gasteiger partial charge in [-0.2, -0.15) is 13.2 Å². The Kier molecular flexibility index (Phi) is 6.21. The molecule has 0 spiro atoms. The topological polar surface area (TPSA) is 81.4 Å². The highest BCUT2D eigenvalue weighted by molar-refractivity contribution is 5.75. The van der Waals surface area contributed by atoms with Gasteiger partial charge in [0, 0.05) is 5.56 Å². The van der Waals surface area contributed by atoms with Crippen molar-refractivity contribution in [1.82, 2.24) is 5.32 Å². The minimum Gasteiger partial charge on any atom is -0.461 e. The van der Waals surface area contributed by atoms with E-state index in [0.29, 0.717) is 5.56 Å². The first kappa shape index (κ1) is 19.3. The fraction of sp³-hybridized carbons (Fsp3) is 0.222. The Bertz CT molecular complexity index is 764. The fourth-order valence-electron chi connectivity index (χ4n) is 2.42. The smallest absolute Gasteiger partial charge is 0.416 e. The van der Waals surface area contributed by atoms with Crippen LogP contribution in [0.15, 0.2) is 54.6 Å². The van der Waals surface area contributed by atoms with E-state index in [2.05, 4.69) is 5.32 Å². The average Bonchev–Trinajstić information content (AvgIpc) is 2.59. The number of halogens is 3. The molecule has 5 nitrogen and oxygen atoms in total. The summed E-state index contributed by atoms with van der Waals surface area (Å²) in [7, 11) is 0. The molecule has 0 aliphatic carbocycles. The Morgan fingerprint density at radius 3 is 2.27 bits per heavy atom. The monoisotopic (exact) mass is 366 g/mol. The highest BCUT2D eigenvalue weighted by atomic mass is 19.4. The van der Waals surface area contributed by atoms with Crippen LogP contribution >= 0.6 is 0 Å². The van der Waals surface area contributed by atoms with Gasteiger partial charge in [0.1, 0.15) is 6.61 Å². The van der Waals surface area contributed by atoms with Crippen molar-refractivity contribution < 1.29 is 27.5 Å². The number of benzene rings is 2. The molecule has 2 amide bonds. The van der Waals surface area contributed by atoms with Crippen molar-refractivity contribution in [2.24, 2.45) is 5.73 Å². The summed E-state index contributed by atoms with van der Waals surface area (Å²) in [5, 5.41) is 2.42. The molecule has 2 aromatic carbocycles. The van der Waals surface area contributed by atoms with Crippen molar-refractivity contribution in [3.8, 4) is 0 Å². The summed E-state index contributed by atoms with van der Waals surface area (Å²) >= 11 is 0. The van der Waals surface area contributed by atoms with Gasteiger partial charge in [0.25, 0.3) is 0 Å². The first-order valence-electron chi connectivity index (χ1n) is 7.69. The van der Waals surface area contributed by atoms with Gasteiger partial charge in [-0.3, -0.25) is 4.79 Å². The van der Waals surface area contributed by atoms with Gasteiger partial charge >= 0.3 is 18.2 Å². The Balaban J connectivity index is 2.04. The predicted molar refractivity (Wildman–Crippen MR) is 87.8 cm³/mol. The number of nitrogens with two attached hydrogens (primary N) is 1. The average molecular weight is 366 g/mol. The van der Waals surface area contributed by atoms with Gasteiger partial charge in [0.2, 0.25) is 0 Å². The molecule has 0 heterocycles.